The fourth-order valence-corrected chi connectivity index (χ4v) is 3.02. The Morgan fingerprint density at radius 1 is 1.16 bits per heavy atom. The van der Waals surface area contributed by atoms with Crippen LogP contribution in [0.15, 0.2) is 62.7 Å². The summed E-state index contributed by atoms with van der Waals surface area (Å²) in [6.45, 7) is 1.42. The number of H-pyrrole nitrogens is 1. The molecule has 0 aliphatic carbocycles. The molecule has 2 aromatic heterocycles. The molecule has 3 aromatic rings. The summed E-state index contributed by atoms with van der Waals surface area (Å²) in [5.74, 6) is -1.69. The Hall–Kier alpha value is -4.08. The number of aromatic nitrogens is 2. The summed E-state index contributed by atoms with van der Waals surface area (Å²) in [6, 6.07) is 12.0. The van der Waals surface area contributed by atoms with Crippen LogP contribution >= 0.6 is 0 Å². The monoisotopic (exact) mass is 426 g/mol. The summed E-state index contributed by atoms with van der Waals surface area (Å²) < 4.78 is 11.1. The number of carbonyl (C=O) groups is 2. The lowest BCUT2D eigenvalue weighted by atomic mass is 10.2. The van der Waals surface area contributed by atoms with Crippen molar-refractivity contribution in [3.63, 3.8) is 0 Å². The lowest BCUT2D eigenvalue weighted by Gasteiger charge is -2.24. The number of nitrogens with two attached hydrogens (primary N) is 1. The van der Waals surface area contributed by atoms with Gasteiger partial charge < -0.3 is 19.8 Å². The van der Waals surface area contributed by atoms with E-state index in [0.29, 0.717) is 6.42 Å². The largest absolute Gasteiger partial charge is 0.457 e. The number of furan rings is 1. The minimum atomic E-state index is -0.814. The second kappa shape index (κ2) is 9.61. The zero-order chi connectivity index (χ0) is 22.4. The number of hydrogen-bond acceptors (Lipinski definition) is 7. The maximum absolute atomic E-state index is 12.8. The second-order valence-electron chi connectivity index (χ2n) is 6.66. The van der Waals surface area contributed by atoms with Crippen LogP contribution in [0.5, 0.6) is 0 Å². The standard InChI is InChI=1S/C21H22N4O6/c1-2-10-24(16(26)13-31-20(28)15-9-6-11-30-15)17-18(22)25(21(29)23-19(17)27)12-14-7-4-3-5-8-14/h3-9,11H,2,10,12-13,22H2,1H3,(H,23,27,29). The Bertz CT molecular complexity index is 1160. The van der Waals surface area contributed by atoms with Gasteiger partial charge in [-0.3, -0.25) is 19.1 Å². The van der Waals surface area contributed by atoms with Gasteiger partial charge in [0.05, 0.1) is 12.8 Å². The number of amides is 1. The number of aromatic amines is 1. The first-order valence-electron chi connectivity index (χ1n) is 9.59. The van der Waals surface area contributed by atoms with Gasteiger partial charge in [0.15, 0.2) is 12.3 Å². The van der Waals surface area contributed by atoms with E-state index in [1.165, 1.54) is 23.0 Å². The molecule has 1 aromatic carbocycles. The number of hydrogen-bond donors (Lipinski definition) is 2. The van der Waals surface area contributed by atoms with Gasteiger partial charge in [-0.15, -0.1) is 0 Å². The first-order valence-corrected chi connectivity index (χ1v) is 9.59. The minimum absolute atomic E-state index is 0.0522. The molecule has 3 rings (SSSR count). The second-order valence-corrected chi connectivity index (χ2v) is 6.66. The third-order valence-corrected chi connectivity index (χ3v) is 4.46. The van der Waals surface area contributed by atoms with Gasteiger partial charge in [-0.1, -0.05) is 37.3 Å². The number of ether oxygens (including phenoxy) is 1. The molecule has 0 unspecified atom stereocenters. The average Bonchev–Trinajstić information content (AvgIpc) is 3.30. The van der Waals surface area contributed by atoms with E-state index in [4.69, 9.17) is 14.9 Å². The molecule has 10 nitrogen and oxygen atoms in total. The van der Waals surface area contributed by atoms with Gasteiger partial charge in [-0.2, -0.15) is 0 Å². The molecule has 0 aliphatic rings. The third kappa shape index (κ3) is 4.92. The van der Waals surface area contributed by atoms with E-state index < -0.39 is 29.7 Å². The molecule has 10 heteroatoms. The van der Waals surface area contributed by atoms with Crippen molar-refractivity contribution in [2.24, 2.45) is 0 Å². The first-order chi connectivity index (χ1) is 14.9. The van der Waals surface area contributed by atoms with Crippen LogP contribution in [0.25, 0.3) is 0 Å². The highest BCUT2D eigenvalue weighted by molar-refractivity contribution is 5.98. The van der Waals surface area contributed by atoms with Gasteiger partial charge in [0, 0.05) is 6.54 Å². The summed E-state index contributed by atoms with van der Waals surface area (Å²) in [6.07, 6.45) is 1.80. The Morgan fingerprint density at radius 3 is 2.55 bits per heavy atom. The number of esters is 1. The normalized spacial score (nSPS) is 10.6. The van der Waals surface area contributed by atoms with Crippen LogP contribution < -0.4 is 21.9 Å². The van der Waals surface area contributed by atoms with Gasteiger partial charge in [0.25, 0.3) is 11.5 Å². The van der Waals surface area contributed by atoms with Crippen molar-refractivity contribution in [2.75, 3.05) is 23.8 Å². The minimum Gasteiger partial charge on any atom is -0.457 e. The molecule has 162 valence electrons. The molecule has 0 atom stereocenters. The van der Waals surface area contributed by atoms with Crippen molar-refractivity contribution in [3.8, 4) is 0 Å². The predicted octanol–water partition coefficient (Wildman–Crippen LogP) is 1.36. The third-order valence-electron chi connectivity index (χ3n) is 4.46. The maximum Gasteiger partial charge on any atom is 0.374 e. The summed E-state index contributed by atoms with van der Waals surface area (Å²) in [5, 5.41) is 0. The van der Waals surface area contributed by atoms with Crippen LogP contribution in [-0.2, 0) is 16.1 Å². The summed E-state index contributed by atoms with van der Waals surface area (Å²) >= 11 is 0. The number of anilines is 2. The number of rotatable bonds is 8. The summed E-state index contributed by atoms with van der Waals surface area (Å²) in [7, 11) is 0. The highest BCUT2D eigenvalue weighted by atomic mass is 16.5. The van der Waals surface area contributed by atoms with Crippen molar-refractivity contribution in [2.45, 2.75) is 19.9 Å². The quantitative estimate of drug-likeness (QED) is 0.518. The Balaban J connectivity index is 1.90. The summed E-state index contributed by atoms with van der Waals surface area (Å²) in [5.41, 5.74) is 5.29. The molecule has 0 saturated carbocycles. The molecular formula is C21H22N4O6. The Labute approximate surface area is 176 Å². The van der Waals surface area contributed by atoms with Gasteiger partial charge in [0.1, 0.15) is 5.82 Å². The van der Waals surface area contributed by atoms with Gasteiger partial charge in [-0.25, -0.2) is 9.59 Å². The fraction of sp³-hybridized carbons (Fsp3) is 0.238. The van der Waals surface area contributed by atoms with Crippen molar-refractivity contribution >= 4 is 23.4 Å². The molecule has 1 amide bonds. The molecule has 2 heterocycles. The van der Waals surface area contributed by atoms with Crippen LogP contribution in [0, 0.1) is 0 Å². The van der Waals surface area contributed by atoms with Crippen LogP contribution in [0.1, 0.15) is 29.5 Å². The lowest BCUT2D eigenvalue weighted by Crippen LogP contribution is -2.43. The smallest absolute Gasteiger partial charge is 0.374 e. The molecule has 31 heavy (non-hydrogen) atoms. The maximum atomic E-state index is 12.8. The van der Waals surface area contributed by atoms with E-state index >= 15 is 0 Å². The van der Waals surface area contributed by atoms with E-state index in [9.17, 15) is 19.2 Å². The molecule has 3 N–H and O–H groups in total. The fourth-order valence-electron chi connectivity index (χ4n) is 3.02. The molecule has 0 saturated heterocycles. The van der Waals surface area contributed by atoms with E-state index in [1.54, 1.807) is 19.1 Å². The van der Waals surface area contributed by atoms with Gasteiger partial charge in [-0.05, 0) is 24.1 Å². The topological polar surface area (TPSA) is 141 Å². The zero-order valence-corrected chi connectivity index (χ0v) is 16.9. The summed E-state index contributed by atoms with van der Waals surface area (Å²) in [4.78, 5) is 53.0. The average molecular weight is 426 g/mol. The highest BCUT2D eigenvalue weighted by Crippen LogP contribution is 2.18. The van der Waals surface area contributed by atoms with Crippen LogP contribution in [0.4, 0.5) is 11.5 Å². The van der Waals surface area contributed by atoms with E-state index in [-0.39, 0.29) is 30.4 Å². The number of nitrogens with zero attached hydrogens (tertiary/aromatic N) is 2. The Kier molecular flexibility index (Phi) is 6.71. The van der Waals surface area contributed by atoms with Crippen molar-refractivity contribution < 1.29 is 18.7 Å². The molecular weight excluding hydrogens is 404 g/mol. The van der Waals surface area contributed by atoms with Gasteiger partial charge >= 0.3 is 11.7 Å². The molecule has 0 radical (unpaired) electrons. The molecule has 0 aliphatic heterocycles. The van der Waals surface area contributed by atoms with Crippen LogP contribution in [-0.4, -0.2) is 34.6 Å². The van der Waals surface area contributed by atoms with E-state index in [0.717, 1.165) is 10.5 Å². The molecule has 0 fully saturated rings. The zero-order valence-electron chi connectivity index (χ0n) is 16.9. The predicted molar refractivity (Wildman–Crippen MR) is 113 cm³/mol. The van der Waals surface area contributed by atoms with Crippen molar-refractivity contribution in [1.29, 1.82) is 0 Å². The van der Waals surface area contributed by atoms with E-state index in [1.807, 2.05) is 18.2 Å². The van der Waals surface area contributed by atoms with Crippen LogP contribution in [0.3, 0.4) is 0 Å². The number of benzene rings is 1. The van der Waals surface area contributed by atoms with E-state index in [2.05, 4.69) is 4.98 Å². The highest BCUT2D eigenvalue weighted by Gasteiger charge is 2.25. The molecule has 0 spiro atoms. The molecule has 0 bridgehead atoms. The lowest BCUT2D eigenvalue weighted by molar-refractivity contribution is -0.121. The number of nitrogen functional groups attached to an aromatic ring is 1. The SMILES string of the molecule is CCCN(C(=O)COC(=O)c1ccco1)c1c(N)n(Cc2ccccc2)c(=O)[nH]c1=O. The van der Waals surface area contributed by atoms with Gasteiger partial charge in [0.2, 0.25) is 5.76 Å². The van der Waals surface area contributed by atoms with Crippen LogP contribution in [0.2, 0.25) is 0 Å². The van der Waals surface area contributed by atoms with Crippen molar-refractivity contribution in [3.05, 3.63) is 80.9 Å². The Morgan fingerprint density at radius 2 is 1.90 bits per heavy atom. The number of nitrogens with one attached hydrogen (secondary N) is 1. The first kappa shape index (κ1) is 21.6. The number of carbonyl (C=O) groups excluding carboxylic acids is 2. The van der Waals surface area contributed by atoms with Crippen molar-refractivity contribution in [1.82, 2.24) is 9.55 Å².